The van der Waals surface area contributed by atoms with Crippen molar-refractivity contribution in [1.29, 1.82) is 0 Å². The Morgan fingerprint density at radius 3 is 1.43 bits per heavy atom. The van der Waals surface area contributed by atoms with Crippen molar-refractivity contribution in [3.05, 3.63) is 200 Å². The summed E-state index contributed by atoms with van der Waals surface area (Å²) >= 11 is 0. The number of fused-ring (bicyclic) bond motifs is 7. The first-order valence-electron chi connectivity index (χ1n) is 24.7. The number of hydrogen-bond acceptors (Lipinski definition) is 3. The molecule has 11 aromatic rings. The Kier molecular flexibility index (Phi) is 4.83. The minimum atomic E-state index is -0.758. The van der Waals surface area contributed by atoms with Crippen molar-refractivity contribution < 1.29 is 19.2 Å². The highest BCUT2D eigenvalue weighted by molar-refractivity contribution is 6.28. The van der Waals surface area contributed by atoms with Crippen LogP contribution >= 0.6 is 0 Å². The Labute approximate surface area is 343 Å². The third-order valence-electron chi connectivity index (χ3n) is 9.85. The third-order valence-corrected chi connectivity index (χ3v) is 9.85. The van der Waals surface area contributed by atoms with E-state index in [4.69, 9.17) is 26.4 Å². The van der Waals surface area contributed by atoms with Gasteiger partial charge in [0.25, 0.3) is 0 Å². The molecule has 0 aliphatic rings. The van der Waals surface area contributed by atoms with E-state index < -0.39 is 118 Å². The SMILES string of the molecule is [2H]c1c([2H])c([2H])c(-c2nc(-c3c([2H])c([2H])c(-c4c([2H])c([2H])c([2H])c([2H])c4[2H])c([2H])c3[2H])nc(-n3c4ccccc4c4c5c6ccccc6n(-c6ccc(-c7ccccc7)cc6)c5ccc43)n2)c([2H])c1[2H]. The van der Waals surface area contributed by atoms with Crippen LogP contribution in [0.2, 0.25) is 0 Å². The second-order valence-corrected chi connectivity index (χ2v) is 13.0. The molecule has 56 heavy (non-hydrogen) atoms. The predicted octanol–water partition coefficient (Wildman–Crippen LogP) is 12.7. The van der Waals surface area contributed by atoms with E-state index >= 15 is 0 Å². The van der Waals surface area contributed by atoms with Crippen LogP contribution in [0, 0.1) is 0 Å². The van der Waals surface area contributed by atoms with Crippen LogP contribution in [-0.4, -0.2) is 24.1 Å². The fraction of sp³-hybridized carbons (Fsp3) is 0. The fourth-order valence-electron chi connectivity index (χ4n) is 7.42. The van der Waals surface area contributed by atoms with Gasteiger partial charge in [0.2, 0.25) is 5.95 Å². The largest absolute Gasteiger partial charge is 0.309 e. The standard InChI is InChI=1S/C51H33N5/c1-4-14-34(15-5-1)36-24-26-39(27-25-36)50-52-49(38-18-8-3-9-19-38)53-51(54-50)56-44-23-13-11-21-42(44)48-46(56)33-32-45-47(48)41-20-10-12-22-43(41)55(45)40-30-28-37(29-31-40)35-16-6-2-7-17-35/h1-33H/i1D,3D,4D,5D,8D,9D,14D,15D,18D,19D,24D,25D,26D,27D. The zero-order valence-corrected chi connectivity index (χ0v) is 29.2. The summed E-state index contributed by atoms with van der Waals surface area (Å²) < 4.78 is 126. The van der Waals surface area contributed by atoms with Gasteiger partial charge < -0.3 is 4.57 Å². The summed E-state index contributed by atoms with van der Waals surface area (Å²) in [5, 5.41) is 3.43. The quantitative estimate of drug-likeness (QED) is 0.171. The van der Waals surface area contributed by atoms with Gasteiger partial charge in [-0.25, -0.2) is 4.98 Å². The van der Waals surface area contributed by atoms with Crippen LogP contribution in [-0.2, 0) is 0 Å². The van der Waals surface area contributed by atoms with Crippen molar-refractivity contribution in [2.75, 3.05) is 0 Å². The molecule has 0 aliphatic carbocycles. The van der Waals surface area contributed by atoms with Crippen LogP contribution in [0.25, 0.3) is 100 Å². The van der Waals surface area contributed by atoms with Gasteiger partial charge in [-0.15, -0.1) is 0 Å². The first kappa shape index (κ1) is 20.7. The molecule has 5 heteroatoms. The van der Waals surface area contributed by atoms with Crippen LogP contribution in [0.5, 0.6) is 0 Å². The second kappa shape index (κ2) is 13.0. The minimum Gasteiger partial charge on any atom is -0.309 e. The lowest BCUT2D eigenvalue weighted by atomic mass is 10.0. The van der Waals surface area contributed by atoms with Crippen LogP contribution in [0.4, 0.5) is 0 Å². The number of hydrogen-bond donors (Lipinski definition) is 0. The fourth-order valence-corrected chi connectivity index (χ4v) is 7.42. The maximum atomic E-state index is 9.30. The lowest BCUT2D eigenvalue weighted by molar-refractivity contribution is 0.953. The lowest BCUT2D eigenvalue weighted by Gasteiger charge is -2.12. The van der Waals surface area contributed by atoms with E-state index in [1.54, 1.807) is 4.57 Å². The Bertz CT molecular complexity index is 3970. The van der Waals surface area contributed by atoms with Gasteiger partial charge in [0.1, 0.15) is 0 Å². The molecule has 3 aromatic heterocycles. The number of aromatic nitrogens is 5. The Morgan fingerprint density at radius 2 is 0.804 bits per heavy atom. The Morgan fingerprint density at radius 1 is 0.339 bits per heavy atom. The summed E-state index contributed by atoms with van der Waals surface area (Å²) in [5.41, 5.74) is 4.13. The zero-order chi connectivity index (χ0) is 49.2. The molecule has 0 unspecified atom stereocenters. The van der Waals surface area contributed by atoms with E-state index in [0.29, 0.717) is 11.0 Å². The molecule has 0 amide bonds. The average molecular weight is 730 g/mol. The summed E-state index contributed by atoms with van der Waals surface area (Å²) in [6.45, 7) is 0. The molecule has 0 aliphatic heterocycles. The maximum Gasteiger partial charge on any atom is 0.238 e. The molecule has 0 fully saturated rings. The van der Waals surface area contributed by atoms with E-state index in [1.165, 1.54) is 0 Å². The van der Waals surface area contributed by atoms with Crippen LogP contribution in [0.15, 0.2) is 200 Å². The Hall–Kier alpha value is -7.63. The number of nitrogens with zero attached hydrogens (tertiary/aromatic N) is 5. The summed E-state index contributed by atoms with van der Waals surface area (Å²) in [7, 11) is 0. The monoisotopic (exact) mass is 729 g/mol. The van der Waals surface area contributed by atoms with Gasteiger partial charge in [0, 0.05) is 38.4 Å². The molecule has 0 saturated carbocycles. The average Bonchev–Trinajstić information content (AvgIpc) is 3.90. The van der Waals surface area contributed by atoms with Gasteiger partial charge in [0.15, 0.2) is 11.6 Å². The summed E-state index contributed by atoms with van der Waals surface area (Å²) in [6.07, 6.45) is 0. The van der Waals surface area contributed by atoms with Crippen molar-refractivity contribution in [2.45, 2.75) is 0 Å². The molecule has 262 valence electrons. The molecule has 8 aromatic carbocycles. The maximum absolute atomic E-state index is 9.30. The van der Waals surface area contributed by atoms with Crippen LogP contribution in [0.1, 0.15) is 19.2 Å². The molecule has 0 spiro atoms. The van der Waals surface area contributed by atoms with E-state index in [9.17, 15) is 2.74 Å². The first-order chi connectivity index (χ1) is 33.6. The van der Waals surface area contributed by atoms with Gasteiger partial charge in [-0.05, 0) is 58.7 Å². The highest BCUT2D eigenvalue weighted by Crippen LogP contribution is 2.42. The van der Waals surface area contributed by atoms with Crippen molar-refractivity contribution in [3.63, 3.8) is 0 Å². The summed E-state index contributed by atoms with van der Waals surface area (Å²) in [6, 6.07) is 28.0. The first-order valence-corrected chi connectivity index (χ1v) is 17.7. The molecule has 0 N–H and O–H groups in total. The van der Waals surface area contributed by atoms with Gasteiger partial charge in [0.05, 0.1) is 41.3 Å². The van der Waals surface area contributed by atoms with E-state index in [0.717, 1.165) is 49.4 Å². The zero-order valence-electron chi connectivity index (χ0n) is 43.2. The predicted molar refractivity (Wildman–Crippen MR) is 230 cm³/mol. The van der Waals surface area contributed by atoms with Crippen molar-refractivity contribution in [3.8, 4) is 56.7 Å². The lowest BCUT2D eigenvalue weighted by Crippen LogP contribution is -2.06. The Balaban J connectivity index is 1.21. The minimum absolute atomic E-state index is 0.149. The highest BCUT2D eigenvalue weighted by atomic mass is 15.2. The normalized spacial score (nSPS) is 15.1. The number of para-hydroxylation sites is 2. The van der Waals surface area contributed by atoms with Crippen molar-refractivity contribution in [1.82, 2.24) is 24.1 Å². The molecule has 5 nitrogen and oxygen atoms in total. The van der Waals surface area contributed by atoms with Crippen LogP contribution < -0.4 is 0 Å². The molecule has 0 saturated heterocycles. The van der Waals surface area contributed by atoms with Gasteiger partial charge in [-0.2, -0.15) is 9.97 Å². The summed E-state index contributed by atoms with van der Waals surface area (Å²) in [4.78, 5) is 14.2. The molecule has 11 rings (SSSR count). The second-order valence-electron chi connectivity index (χ2n) is 13.0. The van der Waals surface area contributed by atoms with Crippen molar-refractivity contribution >= 4 is 43.6 Å². The van der Waals surface area contributed by atoms with Gasteiger partial charge in [-0.1, -0.05) is 163 Å². The van der Waals surface area contributed by atoms with Crippen molar-refractivity contribution in [2.24, 2.45) is 0 Å². The smallest absolute Gasteiger partial charge is 0.238 e. The molecule has 3 heterocycles. The van der Waals surface area contributed by atoms with Gasteiger partial charge >= 0.3 is 0 Å². The highest BCUT2D eigenvalue weighted by Gasteiger charge is 2.22. The molecular formula is C51H33N5. The molecule has 0 atom stereocenters. The van der Waals surface area contributed by atoms with Gasteiger partial charge in [-0.3, -0.25) is 4.57 Å². The van der Waals surface area contributed by atoms with E-state index in [2.05, 4.69) is 52.0 Å². The molecule has 0 bridgehead atoms. The van der Waals surface area contributed by atoms with Crippen LogP contribution in [0.3, 0.4) is 0 Å². The summed E-state index contributed by atoms with van der Waals surface area (Å²) in [5.74, 6) is -1.03. The molecular weight excluding hydrogens is 683 g/mol. The number of rotatable bonds is 6. The number of benzene rings is 8. The molecule has 0 radical (unpaired) electrons. The third kappa shape index (κ3) is 5.21. The van der Waals surface area contributed by atoms with E-state index in [-0.39, 0.29) is 5.95 Å². The topological polar surface area (TPSA) is 48.5 Å². The van der Waals surface area contributed by atoms with E-state index in [1.807, 2.05) is 72.8 Å².